The number of rotatable bonds is 8. The molecule has 0 amide bonds. The number of sulfonamides is 1. The Balaban J connectivity index is 2.38. The Morgan fingerprint density at radius 2 is 1.74 bits per heavy atom. The van der Waals surface area contributed by atoms with Crippen LogP contribution in [-0.4, -0.2) is 56.5 Å². The van der Waals surface area contributed by atoms with Crippen LogP contribution in [0.25, 0.3) is 0 Å². The third kappa shape index (κ3) is 5.56. The van der Waals surface area contributed by atoms with E-state index in [1.807, 2.05) is 0 Å². The minimum Gasteiger partial charge on any atom is -0.359 e. The van der Waals surface area contributed by atoms with Gasteiger partial charge >= 0.3 is 0 Å². The summed E-state index contributed by atoms with van der Waals surface area (Å²) < 4.78 is 73.0. The molecule has 0 saturated carbocycles. The zero-order valence-corrected chi connectivity index (χ0v) is 16.7. The minimum absolute atomic E-state index is 0.177. The van der Waals surface area contributed by atoms with E-state index in [1.54, 1.807) is 0 Å². The van der Waals surface area contributed by atoms with Crippen molar-refractivity contribution >= 4 is 25.9 Å². The number of hydrogen-bond donors (Lipinski definition) is 0. The van der Waals surface area contributed by atoms with Gasteiger partial charge in [0.15, 0.2) is 10.7 Å². The second-order valence-electron chi connectivity index (χ2n) is 6.47. The van der Waals surface area contributed by atoms with E-state index in [9.17, 15) is 21.6 Å². The topological polar surface area (TPSA) is 72.4 Å². The Kier molecular flexibility index (Phi) is 6.71. The third-order valence-corrected chi connectivity index (χ3v) is 6.54. The van der Waals surface area contributed by atoms with Crippen molar-refractivity contribution in [3.8, 4) is 0 Å². The molecule has 0 radical (unpaired) electrons. The Labute approximate surface area is 157 Å². The van der Waals surface area contributed by atoms with E-state index in [-0.39, 0.29) is 12.4 Å². The molecule has 0 spiro atoms. The summed E-state index contributed by atoms with van der Waals surface area (Å²) in [6, 6.07) is 3.33. The van der Waals surface area contributed by atoms with Crippen LogP contribution in [0.1, 0.15) is 0 Å². The van der Waals surface area contributed by atoms with Gasteiger partial charge in [0.25, 0.3) is 10.0 Å². The predicted molar refractivity (Wildman–Crippen MR) is 99.1 cm³/mol. The number of aromatic nitrogens is 2. The van der Waals surface area contributed by atoms with Gasteiger partial charge in [0.1, 0.15) is 24.2 Å². The van der Waals surface area contributed by atoms with Crippen molar-refractivity contribution in [2.45, 2.75) is 4.90 Å². The average molecular weight is 423 g/mol. The van der Waals surface area contributed by atoms with Crippen molar-refractivity contribution in [2.24, 2.45) is 0 Å². The molecule has 6 nitrogen and oxygen atoms in total. The lowest BCUT2D eigenvalue weighted by Crippen LogP contribution is -2.35. The summed E-state index contributed by atoms with van der Waals surface area (Å²) in [4.78, 5) is -1.28. The fourth-order valence-corrected chi connectivity index (χ4v) is 4.03. The lowest BCUT2D eigenvalue weighted by molar-refractivity contribution is 0.159. The second kappa shape index (κ2) is 8.44. The molecule has 11 heteroatoms. The Morgan fingerprint density at radius 3 is 2.26 bits per heavy atom. The van der Waals surface area contributed by atoms with E-state index in [0.717, 1.165) is 0 Å². The van der Waals surface area contributed by atoms with Crippen LogP contribution in [0.2, 0.25) is 0 Å². The van der Waals surface area contributed by atoms with Gasteiger partial charge in [-0.05, 0) is 30.9 Å². The lowest BCUT2D eigenvalue weighted by Gasteiger charge is -2.27. The number of ether oxygens (including phenoxy) is 1. The first-order chi connectivity index (χ1) is 12.5. The molecule has 1 heterocycles. The van der Waals surface area contributed by atoms with Gasteiger partial charge in [-0.1, -0.05) is 0 Å². The maximum atomic E-state index is 14.1. The first-order valence-electron chi connectivity index (χ1n) is 7.71. The van der Waals surface area contributed by atoms with Gasteiger partial charge in [-0.3, -0.25) is 0 Å². The summed E-state index contributed by atoms with van der Waals surface area (Å²) >= 11 is 0. The van der Waals surface area contributed by atoms with E-state index in [1.165, 1.54) is 18.3 Å². The van der Waals surface area contributed by atoms with Gasteiger partial charge in [-0.25, -0.2) is 35.9 Å². The number of anilines is 1. The van der Waals surface area contributed by atoms with Crippen LogP contribution in [0.5, 0.6) is 0 Å². The third-order valence-electron chi connectivity index (χ3n) is 3.37. The number of hydrogen-bond acceptors (Lipinski definition) is 5. The molecule has 0 fully saturated rings. The van der Waals surface area contributed by atoms with Crippen LogP contribution in [0.3, 0.4) is 0 Å². The molecule has 0 unspecified atom stereocenters. The van der Waals surface area contributed by atoms with Gasteiger partial charge in [0.2, 0.25) is 0 Å². The molecule has 1 aromatic carbocycles. The van der Waals surface area contributed by atoms with Crippen LogP contribution in [-0.2, 0) is 14.8 Å². The highest BCUT2D eigenvalue weighted by atomic mass is 32.3. The molecule has 0 aliphatic heterocycles. The summed E-state index contributed by atoms with van der Waals surface area (Å²) in [7, 11) is -5.63. The van der Waals surface area contributed by atoms with Crippen LogP contribution in [0.4, 0.5) is 19.0 Å². The van der Waals surface area contributed by atoms with Crippen LogP contribution < -0.4 is 4.31 Å². The molecule has 2 aromatic rings. The smallest absolute Gasteiger partial charge is 0.273 e. The zero-order chi connectivity index (χ0) is 20.2. The van der Waals surface area contributed by atoms with Crippen LogP contribution >= 0.6 is 10.0 Å². The second-order valence-corrected chi connectivity index (χ2v) is 12.9. The predicted octanol–water partition coefficient (Wildman–Crippen LogP) is 2.76. The highest BCUT2D eigenvalue weighted by molar-refractivity contribution is 8.32. The number of nitrogens with zero attached hydrogens (tertiary/aromatic N) is 3. The quantitative estimate of drug-likeness (QED) is 0.482. The Bertz CT molecular complexity index is 868. The molecule has 0 N–H and O–H groups in total. The van der Waals surface area contributed by atoms with E-state index >= 15 is 0 Å². The molecule has 1 aromatic heterocycles. The van der Waals surface area contributed by atoms with Crippen molar-refractivity contribution in [1.29, 1.82) is 0 Å². The largest absolute Gasteiger partial charge is 0.359 e. The maximum Gasteiger partial charge on any atom is 0.273 e. The molecule has 0 saturated heterocycles. The van der Waals surface area contributed by atoms with Gasteiger partial charge in [0.05, 0.1) is 6.61 Å². The van der Waals surface area contributed by atoms with Crippen molar-refractivity contribution in [2.75, 3.05) is 42.2 Å². The monoisotopic (exact) mass is 423 g/mol. The molecule has 0 aliphatic carbocycles. The van der Waals surface area contributed by atoms with Gasteiger partial charge in [-0.15, -0.1) is 5.10 Å². The van der Waals surface area contributed by atoms with Crippen LogP contribution in [0.15, 0.2) is 35.4 Å². The SMILES string of the molecule is CS(C)(C)CCOCN(c1cccnn1)S(=O)(=O)c1c(F)cc(F)cc1F. The standard InChI is InChI=1S/C16H20F3N3O3S2/c1-26(2,3)8-7-25-11-22(15-5-4-6-20-21-15)27(23,24)16-13(18)9-12(17)10-14(16)19/h4-6,9-10H,7-8,11H2,1-3H3. The summed E-state index contributed by atoms with van der Waals surface area (Å²) in [5.41, 5.74) is 0. The van der Waals surface area contributed by atoms with Crippen molar-refractivity contribution in [1.82, 2.24) is 10.2 Å². The first-order valence-corrected chi connectivity index (χ1v) is 12.2. The van der Waals surface area contributed by atoms with Gasteiger partial charge < -0.3 is 4.74 Å². The average Bonchev–Trinajstić information content (AvgIpc) is 2.53. The van der Waals surface area contributed by atoms with Crippen molar-refractivity contribution in [3.05, 3.63) is 47.9 Å². The Morgan fingerprint density at radius 1 is 1.11 bits per heavy atom. The highest BCUT2D eigenvalue weighted by Gasteiger charge is 2.33. The summed E-state index contributed by atoms with van der Waals surface area (Å²) in [6.07, 6.45) is 7.52. The number of halogens is 3. The molecule has 0 bridgehead atoms. The molecular weight excluding hydrogens is 403 g/mol. The summed E-state index contributed by atoms with van der Waals surface area (Å²) in [5.74, 6) is -3.77. The Hall–Kier alpha value is -1.85. The lowest BCUT2D eigenvalue weighted by atomic mass is 10.3. The number of benzene rings is 1. The summed E-state index contributed by atoms with van der Waals surface area (Å²) in [6.45, 7) is -0.272. The molecule has 0 aliphatic rings. The van der Waals surface area contributed by atoms with Gasteiger partial charge in [0, 0.05) is 24.1 Å². The zero-order valence-electron chi connectivity index (χ0n) is 15.0. The van der Waals surface area contributed by atoms with E-state index in [2.05, 4.69) is 29.0 Å². The minimum atomic E-state index is -4.75. The fraction of sp³-hybridized carbons (Fsp3) is 0.375. The fourth-order valence-electron chi connectivity index (χ4n) is 2.03. The first kappa shape index (κ1) is 21.5. The molecular formula is C16H20F3N3O3S2. The highest BCUT2D eigenvalue weighted by Crippen LogP contribution is 2.33. The molecule has 0 atom stereocenters. The maximum absolute atomic E-state index is 14.1. The molecule has 150 valence electrons. The van der Waals surface area contributed by atoms with Crippen molar-refractivity contribution < 1.29 is 26.3 Å². The van der Waals surface area contributed by atoms with Gasteiger partial charge in [-0.2, -0.15) is 5.10 Å². The molecule has 27 heavy (non-hydrogen) atoms. The normalized spacial score (nSPS) is 12.8. The van der Waals surface area contributed by atoms with E-state index < -0.39 is 49.1 Å². The van der Waals surface area contributed by atoms with E-state index in [0.29, 0.717) is 22.2 Å². The summed E-state index contributed by atoms with van der Waals surface area (Å²) in [5, 5.41) is 7.26. The molecule has 2 rings (SSSR count). The van der Waals surface area contributed by atoms with E-state index in [4.69, 9.17) is 4.74 Å². The van der Waals surface area contributed by atoms with Crippen molar-refractivity contribution in [3.63, 3.8) is 0 Å². The van der Waals surface area contributed by atoms with Crippen LogP contribution in [0, 0.1) is 17.5 Å².